The Kier molecular flexibility index (Phi) is 3.54. The molecule has 0 aromatic carbocycles. The molecule has 0 fully saturated rings. The van der Waals surface area contributed by atoms with Gasteiger partial charge in [-0.15, -0.1) is 0 Å². The van der Waals surface area contributed by atoms with Crippen LogP contribution in [0.5, 0.6) is 0 Å². The van der Waals surface area contributed by atoms with E-state index in [0.29, 0.717) is 22.3 Å². The van der Waals surface area contributed by atoms with Crippen LogP contribution in [0.25, 0.3) is 0 Å². The molecule has 2 aromatic heterocycles. The molecule has 1 atom stereocenters. The Morgan fingerprint density at radius 2 is 2.24 bits per heavy atom. The van der Waals surface area contributed by atoms with Crippen LogP contribution in [0.15, 0.2) is 29.1 Å². The summed E-state index contributed by atoms with van der Waals surface area (Å²) >= 11 is 3.32. The van der Waals surface area contributed by atoms with Gasteiger partial charge in [0.15, 0.2) is 0 Å². The van der Waals surface area contributed by atoms with Crippen molar-refractivity contribution in [2.45, 2.75) is 19.6 Å². The first kappa shape index (κ1) is 12.2. The average molecular weight is 300 g/mol. The fraction of sp³-hybridized carbons (Fsp3) is 0.273. The van der Waals surface area contributed by atoms with Crippen LogP contribution in [0.3, 0.4) is 0 Å². The summed E-state index contributed by atoms with van der Waals surface area (Å²) in [6, 6.07) is 1.26. The topological polar surface area (TPSA) is 50.9 Å². The highest BCUT2D eigenvalue weighted by Gasteiger charge is 2.19. The van der Waals surface area contributed by atoms with E-state index in [-0.39, 0.29) is 0 Å². The van der Waals surface area contributed by atoms with Crippen molar-refractivity contribution in [3.05, 3.63) is 46.2 Å². The van der Waals surface area contributed by atoms with E-state index in [1.54, 1.807) is 10.9 Å². The Morgan fingerprint density at radius 3 is 2.88 bits per heavy atom. The molecule has 1 N–H and O–H groups in total. The Bertz CT molecular complexity index is 529. The van der Waals surface area contributed by atoms with Gasteiger partial charge in [-0.25, -0.2) is 4.39 Å². The van der Waals surface area contributed by atoms with E-state index in [1.807, 2.05) is 6.92 Å². The Labute approximate surface area is 106 Å². The predicted molar refractivity (Wildman–Crippen MR) is 63.9 cm³/mol. The van der Waals surface area contributed by atoms with Gasteiger partial charge in [-0.3, -0.25) is 9.67 Å². The van der Waals surface area contributed by atoms with E-state index in [2.05, 4.69) is 26.0 Å². The molecule has 6 heteroatoms. The van der Waals surface area contributed by atoms with Gasteiger partial charge in [-0.2, -0.15) is 5.10 Å². The summed E-state index contributed by atoms with van der Waals surface area (Å²) in [5.41, 5.74) is 1.00. The number of nitrogens with zero attached hydrogens (tertiary/aromatic N) is 3. The summed E-state index contributed by atoms with van der Waals surface area (Å²) in [6.45, 7) is 2.54. The van der Waals surface area contributed by atoms with E-state index < -0.39 is 11.9 Å². The second kappa shape index (κ2) is 4.93. The lowest BCUT2D eigenvalue weighted by molar-refractivity contribution is 0.206. The Morgan fingerprint density at radius 1 is 1.47 bits per heavy atom. The van der Waals surface area contributed by atoms with Gasteiger partial charge in [0.2, 0.25) is 0 Å². The van der Waals surface area contributed by atoms with Crippen molar-refractivity contribution >= 4 is 15.9 Å². The van der Waals surface area contributed by atoms with Crippen molar-refractivity contribution in [3.8, 4) is 0 Å². The summed E-state index contributed by atoms with van der Waals surface area (Å²) < 4.78 is 15.4. The lowest BCUT2D eigenvalue weighted by Crippen LogP contribution is -2.10. The second-order valence-electron chi connectivity index (χ2n) is 3.53. The minimum Gasteiger partial charge on any atom is -0.382 e. The summed E-state index contributed by atoms with van der Waals surface area (Å²) in [4.78, 5) is 3.72. The fourth-order valence-corrected chi connectivity index (χ4v) is 2.14. The maximum absolute atomic E-state index is 13.0. The number of aliphatic hydroxyl groups excluding tert-OH is 1. The molecule has 0 aliphatic heterocycles. The predicted octanol–water partition coefficient (Wildman–Crippen LogP) is 2.28. The Balaban J connectivity index is 2.43. The van der Waals surface area contributed by atoms with Crippen LogP contribution in [-0.4, -0.2) is 19.9 Å². The second-order valence-corrected chi connectivity index (χ2v) is 4.39. The molecule has 0 radical (unpaired) electrons. The lowest BCUT2D eigenvalue weighted by Gasteiger charge is -2.13. The number of aryl methyl sites for hydroxylation is 1. The molecule has 4 nitrogen and oxygen atoms in total. The van der Waals surface area contributed by atoms with E-state index >= 15 is 0 Å². The standard InChI is InChI=1S/C11H11BrFN3O/c1-2-16-10(9(12)6-15-16)11(17)7-3-8(13)5-14-4-7/h3-6,11,17H,2H2,1H3. The van der Waals surface area contributed by atoms with Crippen molar-refractivity contribution in [1.29, 1.82) is 0 Å². The molecule has 0 bridgehead atoms. The molecule has 90 valence electrons. The van der Waals surface area contributed by atoms with Crippen LogP contribution in [-0.2, 0) is 6.54 Å². The lowest BCUT2D eigenvalue weighted by atomic mass is 10.1. The van der Waals surface area contributed by atoms with Gasteiger partial charge in [0.1, 0.15) is 11.9 Å². The third-order valence-electron chi connectivity index (χ3n) is 2.43. The van der Waals surface area contributed by atoms with Crippen LogP contribution in [0.4, 0.5) is 4.39 Å². The SMILES string of the molecule is CCn1ncc(Br)c1C(O)c1cncc(F)c1. The molecular weight excluding hydrogens is 289 g/mol. The number of aromatic nitrogens is 3. The normalized spacial score (nSPS) is 12.7. The molecule has 17 heavy (non-hydrogen) atoms. The molecular formula is C11H11BrFN3O. The van der Waals surface area contributed by atoms with E-state index in [9.17, 15) is 9.50 Å². The molecule has 0 aliphatic carbocycles. The van der Waals surface area contributed by atoms with Crippen molar-refractivity contribution < 1.29 is 9.50 Å². The monoisotopic (exact) mass is 299 g/mol. The minimum absolute atomic E-state index is 0.404. The zero-order chi connectivity index (χ0) is 12.4. The van der Waals surface area contributed by atoms with Crippen molar-refractivity contribution in [2.75, 3.05) is 0 Å². The summed E-state index contributed by atoms with van der Waals surface area (Å²) in [6.07, 6.45) is 3.19. The molecule has 0 saturated heterocycles. The van der Waals surface area contributed by atoms with Crippen molar-refractivity contribution in [1.82, 2.24) is 14.8 Å². The fourth-order valence-electron chi connectivity index (χ4n) is 1.63. The molecule has 0 aliphatic rings. The molecule has 0 saturated carbocycles. The van der Waals surface area contributed by atoms with Crippen molar-refractivity contribution in [2.24, 2.45) is 0 Å². The van der Waals surface area contributed by atoms with Gasteiger partial charge in [-0.1, -0.05) is 0 Å². The highest BCUT2D eigenvalue weighted by atomic mass is 79.9. The summed E-state index contributed by atoms with van der Waals surface area (Å²) in [5.74, 6) is -0.472. The third-order valence-corrected chi connectivity index (χ3v) is 3.04. The van der Waals surface area contributed by atoms with Gasteiger partial charge in [0.25, 0.3) is 0 Å². The highest BCUT2D eigenvalue weighted by Crippen LogP contribution is 2.28. The molecule has 2 heterocycles. The van der Waals surface area contributed by atoms with Crippen LogP contribution in [0, 0.1) is 5.82 Å². The van der Waals surface area contributed by atoms with Gasteiger partial charge < -0.3 is 5.11 Å². The maximum atomic E-state index is 13.0. The van der Waals surface area contributed by atoms with Gasteiger partial charge in [0, 0.05) is 18.3 Å². The largest absolute Gasteiger partial charge is 0.382 e. The van der Waals surface area contributed by atoms with E-state index in [1.165, 1.54) is 12.3 Å². The van der Waals surface area contributed by atoms with Gasteiger partial charge in [-0.05, 0) is 28.9 Å². The minimum atomic E-state index is -0.949. The summed E-state index contributed by atoms with van der Waals surface area (Å²) in [7, 11) is 0. The first-order valence-corrected chi connectivity index (χ1v) is 5.92. The quantitative estimate of drug-likeness (QED) is 0.946. The number of rotatable bonds is 3. The zero-order valence-electron chi connectivity index (χ0n) is 9.14. The van der Waals surface area contributed by atoms with Crippen LogP contribution in [0.1, 0.15) is 24.3 Å². The van der Waals surface area contributed by atoms with Crippen molar-refractivity contribution in [3.63, 3.8) is 0 Å². The number of pyridine rings is 1. The molecule has 2 aromatic rings. The van der Waals surface area contributed by atoms with Crippen LogP contribution < -0.4 is 0 Å². The number of hydrogen-bond acceptors (Lipinski definition) is 3. The van der Waals surface area contributed by atoms with Gasteiger partial charge in [0.05, 0.1) is 22.6 Å². The average Bonchev–Trinajstić information content (AvgIpc) is 2.69. The van der Waals surface area contributed by atoms with E-state index in [0.717, 1.165) is 6.20 Å². The summed E-state index contributed by atoms with van der Waals surface area (Å²) in [5, 5.41) is 14.3. The zero-order valence-corrected chi connectivity index (χ0v) is 10.7. The Hall–Kier alpha value is -1.27. The smallest absolute Gasteiger partial charge is 0.141 e. The van der Waals surface area contributed by atoms with E-state index in [4.69, 9.17) is 0 Å². The highest BCUT2D eigenvalue weighted by molar-refractivity contribution is 9.10. The molecule has 1 unspecified atom stereocenters. The molecule has 0 spiro atoms. The van der Waals surface area contributed by atoms with Crippen LogP contribution >= 0.6 is 15.9 Å². The number of halogens is 2. The third kappa shape index (κ3) is 2.37. The first-order valence-electron chi connectivity index (χ1n) is 5.13. The molecule has 0 amide bonds. The number of hydrogen-bond donors (Lipinski definition) is 1. The maximum Gasteiger partial charge on any atom is 0.141 e. The molecule has 2 rings (SSSR count). The van der Waals surface area contributed by atoms with Crippen LogP contribution in [0.2, 0.25) is 0 Å². The first-order chi connectivity index (χ1) is 8.13. The number of aliphatic hydroxyl groups is 1. The van der Waals surface area contributed by atoms with Gasteiger partial charge >= 0.3 is 0 Å².